The highest BCUT2D eigenvalue weighted by atomic mass is 16.1. The minimum absolute atomic E-state index is 0.0793. The van der Waals surface area contributed by atoms with Crippen molar-refractivity contribution in [1.82, 2.24) is 25.1 Å². The molecule has 9 heteroatoms. The number of aromatic amines is 2. The van der Waals surface area contributed by atoms with Crippen molar-refractivity contribution >= 4 is 11.6 Å². The van der Waals surface area contributed by atoms with Gasteiger partial charge in [0.15, 0.2) is 5.82 Å². The number of amides is 1. The summed E-state index contributed by atoms with van der Waals surface area (Å²) in [6, 6.07) is 3.54. The zero-order valence-electron chi connectivity index (χ0n) is 13.6. The largest absolute Gasteiger partial charge is 0.367 e. The van der Waals surface area contributed by atoms with Crippen LogP contribution in [-0.2, 0) is 0 Å². The van der Waals surface area contributed by atoms with Crippen LogP contribution in [0.4, 0.5) is 5.69 Å². The van der Waals surface area contributed by atoms with Crippen molar-refractivity contribution < 1.29 is 4.79 Å². The van der Waals surface area contributed by atoms with Crippen molar-refractivity contribution in [1.29, 1.82) is 0 Å². The van der Waals surface area contributed by atoms with E-state index in [0.29, 0.717) is 0 Å². The summed E-state index contributed by atoms with van der Waals surface area (Å²) >= 11 is 0. The van der Waals surface area contributed by atoms with E-state index in [1.807, 2.05) is 0 Å². The number of nitrogens with one attached hydrogen (secondary N) is 2. The lowest BCUT2D eigenvalue weighted by Crippen LogP contribution is -2.33. The van der Waals surface area contributed by atoms with Crippen LogP contribution in [-0.4, -0.2) is 44.1 Å². The third kappa shape index (κ3) is 4.00. The molecular formula is C16H19N7O2. The molecule has 0 spiro atoms. The molecule has 0 unspecified atom stereocenters. The molecule has 0 aromatic carbocycles. The normalized spacial score (nSPS) is 14.0. The minimum atomic E-state index is -0.571. The fraction of sp³-hybridized carbons (Fsp3) is 0.312. The molecule has 4 N–H and O–H groups in total. The Balaban J connectivity index is 0.000000146. The van der Waals surface area contributed by atoms with Gasteiger partial charge in [0.2, 0.25) is 0 Å². The molecule has 4 rings (SSSR count). The van der Waals surface area contributed by atoms with Crippen LogP contribution in [0.5, 0.6) is 0 Å². The molecule has 1 aromatic heterocycles. The number of carbonyl (C=O) groups excluding carboxylic acids is 1. The second kappa shape index (κ2) is 7.56. The highest BCUT2D eigenvalue weighted by molar-refractivity contribution is 5.89. The summed E-state index contributed by atoms with van der Waals surface area (Å²) in [6.45, 7) is 1.99. The molecule has 0 radical (unpaired) electrons. The van der Waals surface area contributed by atoms with Crippen LogP contribution in [0.3, 0.4) is 0 Å². The summed E-state index contributed by atoms with van der Waals surface area (Å²) < 4.78 is 0. The molecule has 1 amide bonds. The Labute approximate surface area is 143 Å². The van der Waals surface area contributed by atoms with Gasteiger partial charge in [-0.15, -0.1) is 0 Å². The molecule has 1 saturated heterocycles. The quantitative estimate of drug-likeness (QED) is 0.630. The van der Waals surface area contributed by atoms with Crippen molar-refractivity contribution in [2.45, 2.75) is 19.3 Å². The Morgan fingerprint density at radius 1 is 1.12 bits per heavy atom. The van der Waals surface area contributed by atoms with Crippen LogP contribution in [0, 0.1) is 0 Å². The second-order valence-corrected chi connectivity index (χ2v) is 5.66. The molecular weight excluding hydrogens is 322 g/mol. The third-order valence-electron chi connectivity index (χ3n) is 3.94. The standard InChI is InChI=1S/C9H13N3O.C7H6N4O/c13-9-8(4-5-10-11-9)12-6-2-1-3-7-12;8-6(12)7-10-3-5-4(11-7)1-2-9-5/h4-5H,1-3,6-7H2,(H,11,13);1-3H,(H2,8,12)(H,10,11). The van der Waals surface area contributed by atoms with E-state index in [-0.39, 0.29) is 11.4 Å². The predicted octanol–water partition coefficient (Wildman–Crippen LogP) is 0.769. The summed E-state index contributed by atoms with van der Waals surface area (Å²) in [7, 11) is 0. The number of hydrogen-bond acceptors (Lipinski definition) is 6. The molecule has 4 heterocycles. The maximum Gasteiger partial charge on any atom is 0.287 e. The monoisotopic (exact) mass is 341 g/mol. The van der Waals surface area contributed by atoms with Crippen molar-refractivity contribution in [3.63, 3.8) is 0 Å². The number of piperidine rings is 1. The maximum absolute atomic E-state index is 11.4. The van der Waals surface area contributed by atoms with Gasteiger partial charge in [0.1, 0.15) is 11.4 Å². The average molecular weight is 341 g/mol. The van der Waals surface area contributed by atoms with Crippen LogP contribution in [0.25, 0.3) is 11.4 Å². The fourth-order valence-electron chi connectivity index (χ4n) is 2.69. The van der Waals surface area contributed by atoms with Crippen LogP contribution < -0.4 is 16.2 Å². The number of nitrogens with zero attached hydrogens (tertiary/aromatic N) is 4. The first-order valence-electron chi connectivity index (χ1n) is 8.03. The molecule has 25 heavy (non-hydrogen) atoms. The second-order valence-electron chi connectivity index (χ2n) is 5.66. The van der Waals surface area contributed by atoms with Gasteiger partial charge in [0, 0.05) is 25.5 Å². The number of fused-ring (bicyclic) bond motifs is 1. The lowest BCUT2D eigenvalue weighted by atomic mass is 10.1. The van der Waals surface area contributed by atoms with E-state index >= 15 is 0 Å². The molecule has 0 bridgehead atoms. The number of anilines is 1. The topological polar surface area (TPSA) is 134 Å². The molecule has 0 atom stereocenters. The van der Waals surface area contributed by atoms with Gasteiger partial charge in [0.25, 0.3) is 11.5 Å². The van der Waals surface area contributed by atoms with Gasteiger partial charge in [-0.3, -0.25) is 14.6 Å². The van der Waals surface area contributed by atoms with Crippen LogP contribution in [0.1, 0.15) is 29.9 Å². The average Bonchev–Trinajstić information content (AvgIpc) is 3.11. The van der Waals surface area contributed by atoms with E-state index in [1.54, 1.807) is 24.5 Å². The van der Waals surface area contributed by atoms with Gasteiger partial charge < -0.3 is 15.6 Å². The molecule has 1 aromatic rings. The number of H-pyrrole nitrogens is 2. The lowest BCUT2D eigenvalue weighted by Gasteiger charge is -2.27. The van der Waals surface area contributed by atoms with E-state index in [2.05, 4.69) is 30.0 Å². The molecule has 3 aliphatic rings. The van der Waals surface area contributed by atoms with Crippen LogP contribution in [0.15, 0.2) is 35.5 Å². The summed E-state index contributed by atoms with van der Waals surface area (Å²) in [5, 5.41) is 6.13. The smallest absolute Gasteiger partial charge is 0.287 e. The number of hydrogen-bond donors (Lipinski definition) is 3. The van der Waals surface area contributed by atoms with Gasteiger partial charge in [-0.2, -0.15) is 5.10 Å². The Kier molecular flexibility index (Phi) is 5.03. The maximum atomic E-state index is 11.4. The summed E-state index contributed by atoms with van der Waals surface area (Å²) in [5.41, 5.74) is 7.19. The summed E-state index contributed by atoms with van der Waals surface area (Å²) in [4.78, 5) is 34.7. The number of primary amides is 1. The van der Waals surface area contributed by atoms with E-state index in [0.717, 1.165) is 30.2 Å². The van der Waals surface area contributed by atoms with Crippen LogP contribution >= 0.6 is 0 Å². The first-order chi connectivity index (χ1) is 12.1. The number of rotatable bonds is 2. The van der Waals surface area contributed by atoms with E-state index in [1.165, 1.54) is 25.5 Å². The van der Waals surface area contributed by atoms with E-state index in [9.17, 15) is 9.59 Å². The Morgan fingerprint density at radius 2 is 1.92 bits per heavy atom. The van der Waals surface area contributed by atoms with Gasteiger partial charge in [0.05, 0.1) is 11.9 Å². The summed E-state index contributed by atoms with van der Waals surface area (Å²) in [5.74, 6) is -0.423. The van der Waals surface area contributed by atoms with Gasteiger partial charge in [-0.05, 0) is 31.4 Å². The van der Waals surface area contributed by atoms with E-state index < -0.39 is 5.91 Å². The van der Waals surface area contributed by atoms with Crippen molar-refractivity contribution in [3.8, 4) is 11.4 Å². The first kappa shape index (κ1) is 16.6. The molecule has 3 aliphatic heterocycles. The predicted molar refractivity (Wildman–Crippen MR) is 92.4 cm³/mol. The van der Waals surface area contributed by atoms with Crippen molar-refractivity contribution in [3.05, 3.63) is 46.9 Å². The van der Waals surface area contributed by atoms with Gasteiger partial charge in [-0.25, -0.2) is 10.1 Å². The lowest BCUT2D eigenvalue weighted by molar-refractivity contribution is 0.0990. The summed E-state index contributed by atoms with van der Waals surface area (Å²) in [6.07, 6.45) is 8.41. The molecule has 9 nitrogen and oxygen atoms in total. The fourth-order valence-corrected chi connectivity index (χ4v) is 2.69. The number of carbonyl (C=O) groups is 1. The van der Waals surface area contributed by atoms with Crippen molar-refractivity contribution in [2.24, 2.45) is 5.73 Å². The zero-order chi connectivity index (χ0) is 17.6. The van der Waals surface area contributed by atoms with Gasteiger partial charge >= 0.3 is 0 Å². The highest BCUT2D eigenvalue weighted by Gasteiger charge is 2.13. The Hall–Kier alpha value is -3.23. The molecule has 0 saturated carbocycles. The first-order valence-corrected chi connectivity index (χ1v) is 8.03. The SMILES string of the molecule is NC(=O)c1ncc2nccc-2[nH]1.O=c1[nH]nccc1N1CCCCC1. The number of nitrogens with two attached hydrogens (primary N) is 1. The van der Waals surface area contributed by atoms with Crippen molar-refractivity contribution in [2.75, 3.05) is 18.0 Å². The zero-order valence-corrected chi connectivity index (χ0v) is 13.6. The highest BCUT2D eigenvalue weighted by Crippen LogP contribution is 2.15. The molecule has 1 fully saturated rings. The minimum Gasteiger partial charge on any atom is -0.367 e. The Morgan fingerprint density at radius 3 is 2.64 bits per heavy atom. The molecule has 130 valence electrons. The number of aromatic nitrogens is 5. The van der Waals surface area contributed by atoms with Gasteiger partial charge in [-0.1, -0.05) is 0 Å². The van der Waals surface area contributed by atoms with E-state index in [4.69, 9.17) is 5.73 Å². The third-order valence-corrected chi connectivity index (χ3v) is 3.94. The van der Waals surface area contributed by atoms with Crippen LogP contribution in [0.2, 0.25) is 0 Å². The Bertz CT molecular complexity index is 867. The molecule has 0 aliphatic carbocycles.